The monoisotopic (exact) mass is 548 g/mol. The molecule has 3 fully saturated rings. The highest BCUT2D eigenvalue weighted by molar-refractivity contribution is 5.79. The number of rotatable bonds is 5. The second kappa shape index (κ2) is 17.6. The number of ether oxygens (including phenoxy) is 2. The third kappa shape index (κ3) is 9.66. The Morgan fingerprint density at radius 2 is 1.76 bits per heavy atom. The number of hydrogen-bond donors (Lipinski definition) is 2. The number of piperazine rings is 1. The third-order valence-corrected chi connectivity index (χ3v) is 6.83. The predicted molar refractivity (Wildman–Crippen MR) is 143 cm³/mol. The Morgan fingerprint density at radius 3 is 2.37 bits per heavy atom. The quantitative estimate of drug-likeness (QED) is 0.576. The van der Waals surface area contributed by atoms with Crippen LogP contribution in [0.3, 0.4) is 0 Å². The maximum absolute atomic E-state index is 13.1. The van der Waals surface area contributed by atoms with Crippen LogP contribution in [0.15, 0.2) is 18.3 Å². The van der Waals surface area contributed by atoms with Crippen molar-refractivity contribution >= 4 is 11.7 Å². The van der Waals surface area contributed by atoms with Crippen molar-refractivity contribution < 1.29 is 32.5 Å². The van der Waals surface area contributed by atoms with E-state index in [1.807, 2.05) is 37.5 Å². The van der Waals surface area contributed by atoms with Gasteiger partial charge in [-0.1, -0.05) is 27.7 Å². The topological polar surface area (TPSA) is 87.2 Å². The first kappa shape index (κ1) is 34.1. The molecule has 1 saturated carbocycles. The van der Waals surface area contributed by atoms with Crippen LogP contribution >= 0.6 is 0 Å². The zero-order chi connectivity index (χ0) is 28.7. The van der Waals surface area contributed by atoms with E-state index in [0.29, 0.717) is 44.6 Å². The summed E-state index contributed by atoms with van der Waals surface area (Å²) >= 11 is 0. The van der Waals surface area contributed by atoms with Crippen molar-refractivity contribution in [3.63, 3.8) is 0 Å². The lowest BCUT2D eigenvalue weighted by Gasteiger charge is -2.37. The molecule has 220 valence electrons. The Bertz CT molecular complexity index is 792. The molecule has 2 N–H and O–H groups in total. The number of hydrogen-bond acceptors (Lipinski definition) is 7. The molecule has 0 radical (unpaired) electrons. The van der Waals surface area contributed by atoms with Gasteiger partial charge in [-0.2, -0.15) is 13.2 Å². The summed E-state index contributed by atoms with van der Waals surface area (Å²) in [6, 6.07) is 2.59. The molecule has 1 aromatic heterocycles. The number of halogens is 3. The van der Waals surface area contributed by atoms with Crippen molar-refractivity contribution in [3.05, 3.63) is 23.9 Å². The highest BCUT2D eigenvalue weighted by atomic mass is 19.4. The number of carbonyl (C=O) groups is 1. The molecule has 2 aliphatic heterocycles. The Balaban J connectivity index is 0.00000112. The molecule has 38 heavy (non-hydrogen) atoms. The van der Waals surface area contributed by atoms with E-state index in [9.17, 15) is 18.0 Å². The molecule has 4 atom stereocenters. The fraction of sp³-hybridized carbons (Fsp3) is 0.778. The zero-order valence-electron chi connectivity index (χ0n) is 23.8. The molecular formula is C27H47F3N4O4. The van der Waals surface area contributed by atoms with E-state index >= 15 is 0 Å². The van der Waals surface area contributed by atoms with Crippen molar-refractivity contribution in [2.24, 2.45) is 5.92 Å². The third-order valence-electron chi connectivity index (χ3n) is 6.83. The SMILES string of the molecule is CC.CC.CO.COC1COCCC1NC1CCC(C(=O)N2CCN(c3cc(C(F)(F)F)ccn3)CC2)C1. The number of nitrogens with one attached hydrogen (secondary N) is 1. The normalized spacial score (nSPS) is 25.2. The van der Waals surface area contributed by atoms with Crippen LogP contribution in [0.5, 0.6) is 0 Å². The van der Waals surface area contributed by atoms with E-state index < -0.39 is 11.7 Å². The molecule has 8 nitrogen and oxygen atoms in total. The maximum atomic E-state index is 13.1. The largest absolute Gasteiger partial charge is 0.416 e. The standard InChI is InChI=1S/C22H31F3N4O3.2C2H6.CH4O/c1-31-19-14-32-11-5-18(19)27-17-3-2-15(12-17)21(30)29-9-7-28(8-10-29)20-13-16(4-6-26-20)22(23,24)25;3*1-2/h4,6,13,15,17-19,27H,2-3,5,7-12,14H2,1H3;2*1-2H3;2H,1H3. The molecule has 1 aliphatic carbocycles. The van der Waals surface area contributed by atoms with Crippen molar-refractivity contribution in [1.82, 2.24) is 15.2 Å². The van der Waals surface area contributed by atoms with Crippen LogP contribution in [-0.4, -0.2) is 92.7 Å². The zero-order valence-corrected chi connectivity index (χ0v) is 23.8. The van der Waals surface area contributed by atoms with Crippen LogP contribution in [0.4, 0.5) is 19.0 Å². The van der Waals surface area contributed by atoms with E-state index in [2.05, 4.69) is 10.3 Å². The first-order valence-electron chi connectivity index (χ1n) is 13.7. The fourth-order valence-corrected chi connectivity index (χ4v) is 4.98. The number of alkyl halides is 3. The first-order valence-corrected chi connectivity index (χ1v) is 13.7. The summed E-state index contributed by atoms with van der Waals surface area (Å²) in [5.74, 6) is 0.453. The molecule has 0 bridgehead atoms. The molecule has 1 amide bonds. The number of carbonyl (C=O) groups excluding carboxylic acids is 1. The number of aliphatic hydroxyl groups is 1. The number of pyridine rings is 1. The van der Waals surface area contributed by atoms with Crippen LogP contribution in [0.2, 0.25) is 0 Å². The number of amides is 1. The molecule has 3 heterocycles. The molecule has 1 aromatic rings. The first-order chi connectivity index (χ1) is 18.3. The minimum atomic E-state index is -4.39. The molecule has 11 heteroatoms. The summed E-state index contributed by atoms with van der Waals surface area (Å²) < 4.78 is 49.9. The highest BCUT2D eigenvalue weighted by Gasteiger charge is 2.37. The molecule has 2 saturated heterocycles. The molecule has 4 rings (SSSR count). The summed E-state index contributed by atoms with van der Waals surface area (Å²) in [5, 5.41) is 10.7. The van der Waals surface area contributed by atoms with Crippen molar-refractivity contribution in [2.75, 3.05) is 58.5 Å². The highest BCUT2D eigenvalue weighted by Crippen LogP contribution is 2.32. The van der Waals surface area contributed by atoms with Crippen LogP contribution < -0.4 is 10.2 Å². The Morgan fingerprint density at radius 1 is 1.11 bits per heavy atom. The second-order valence-corrected chi connectivity index (χ2v) is 8.83. The van der Waals surface area contributed by atoms with Gasteiger partial charge in [-0.15, -0.1) is 0 Å². The minimum absolute atomic E-state index is 0.00781. The number of aliphatic hydroxyl groups excluding tert-OH is 1. The number of methoxy groups -OCH3 is 1. The summed E-state index contributed by atoms with van der Waals surface area (Å²) in [6.07, 6.45) is 0.354. The van der Waals surface area contributed by atoms with E-state index in [4.69, 9.17) is 14.6 Å². The lowest BCUT2D eigenvalue weighted by atomic mass is 10.0. The molecular weight excluding hydrogens is 501 g/mol. The fourth-order valence-electron chi connectivity index (χ4n) is 4.98. The molecule has 0 aromatic carbocycles. The van der Waals surface area contributed by atoms with Gasteiger partial charge in [0.05, 0.1) is 18.3 Å². The van der Waals surface area contributed by atoms with Crippen LogP contribution in [0, 0.1) is 5.92 Å². The maximum Gasteiger partial charge on any atom is 0.416 e. The second-order valence-electron chi connectivity index (χ2n) is 8.83. The van der Waals surface area contributed by atoms with Gasteiger partial charge < -0.3 is 29.7 Å². The summed E-state index contributed by atoms with van der Waals surface area (Å²) in [4.78, 5) is 20.8. The van der Waals surface area contributed by atoms with Crippen molar-refractivity contribution in [3.8, 4) is 0 Å². The van der Waals surface area contributed by atoms with E-state index in [1.54, 1.807) is 7.11 Å². The van der Waals surface area contributed by atoms with E-state index in [1.165, 1.54) is 6.20 Å². The minimum Gasteiger partial charge on any atom is -0.400 e. The summed E-state index contributed by atoms with van der Waals surface area (Å²) in [5.41, 5.74) is -0.703. The van der Waals surface area contributed by atoms with Gasteiger partial charge in [-0.25, -0.2) is 4.98 Å². The van der Waals surface area contributed by atoms with Gasteiger partial charge in [0, 0.05) is 71.2 Å². The number of anilines is 1. The Hall–Kier alpha value is -1.95. The van der Waals surface area contributed by atoms with Gasteiger partial charge in [0.2, 0.25) is 5.91 Å². The Labute approximate surface area is 225 Å². The van der Waals surface area contributed by atoms with Crippen molar-refractivity contribution in [1.29, 1.82) is 0 Å². The lowest BCUT2D eigenvalue weighted by molar-refractivity contribution is -0.137. The lowest BCUT2D eigenvalue weighted by Crippen LogP contribution is -2.51. The van der Waals surface area contributed by atoms with Crippen LogP contribution in [0.25, 0.3) is 0 Å². The summed E-state index contributed by atoms with van der Waals surface area (Å²) in [6.45, 7) is 11.3. The van der Waals surface area contributed by atoms with Gasteiger partial charge in [-0.3, -0.25) is 4.79 Å². The molecule has 4 unspecified atom stereocenters. The summed E-state index contributed by atoms with van der Waals surface area (Å²) in [7, 11) is 2.70. The van der Waals surface area contributed by atoms with Gasteiger partial charge in [0.25, 0.3) is 0 Å². The van der Waals surface area contributed by atoms with Gasteiger partial charge in [0.1, 0.15) is 5.82 Å². The van der Waals surface area contributed by atoms with Gasteiger partial charge in [-0.05, 0) is 37.8 Å². The van der Waals surface area contributed by atoms with Gasteiger partial charge >= 0.3 is 6.18 Å². The number of aromatic nitrogens is 1. The average molecular weight is 549 g/mol. The molecule has 0 spiro atoms. The smallest absolute Gasteiger partial charge is 0.400 e. The number of nitrogens with zero attached hydrogens (tertiary/aromatic N) is 3. The molecule has 3 aliphatic rings. The Kier molecular flexibility index (Phi) is 15.8. The van der Waals surface area contributed by atoms with Gasteiger partial charge in [0.15, 0.2) is 0 Å². The van der Waals surface area contributed by atoms with Crippen molar-refractivity contribution in [2.45, 2.75) is 77.7 Å². The van der Waals surface area contributed by atoms with E-state index in [-0.39, 0.29) is 24.0 Å². The van der Waals surface area contributed by atoms with Crippen LogP contribution in [0.1, 0.15) is 58.9 Å². The average Bonchev–Trinajstić information content (AvgIpc) is 3.44. The van der Waals surface area contributed by atoms with E-state index in [0.717, 1.165) is 51.5 Å². The van der Waals surface area contributed by atoms with Crippen LogP contribution in [-0.2, 0) is 20.4 Å². The predicted octanol–water partition coefficient (Wildman–Crippen LogP) is 3.97.